The summed E-state index contributed by atoms with van der Waals surface area (Å²) in [6.07, 6.45) is 13.0. The molecule has 0 aromatic rings. The van der Waals surface area contributed by atoms with Crippen LogP contribution >= 0.6 is 0 Å². The summed E-state index contributed by atoms with van der Waals surface area (Å²) in [6.45, 7) is 1.72. The molecule has 0 amide bonds. The van der Waals surface area contributed by atoms with Gasteiger partial charge >= 0.3 is 0 Å². The van der Waals surface area contributed by atoms with E-state index >= 15 is 0 Å². The van der Waals surface area contributed by atoms with E-state index in [2.05, 4.69) is 5.92 Å². The van der Waals surface area contributed by atoms with E-state index in [4.69, 9.17) is 6.42 Å². The largest absolute Gasteiger partial charge is 0.389 e. The first-order chi connectivity index (χ1) is 5.17. The summed E-state index contributed by atoms with van der Waals surface area (Å²) in [7, 11) is 0. The number of hydrogen-bond acceptors (Lipinski definition) is 1. The van der Waals surface area contributed by atoms with Crippen molar-refractivity contribution < 1.29 is 5.11 Å². The monoisotopic (exact) mass is 147 g/mol. The Bertz CT molecular complexity index is 158. The van der Waals surface area contributed by atoms with Crippen molar-refractivity contribution in [1.29, 1.82) is 0 Å². The molecule has 1 rings (SSSR count). The maximum atomic E-state index is 9.73. The van der Waals surface area contributed by atoms with Gasteiger partial charge in [0.25, 0.3) is 0 Å². The van der Waals surface area contributed by atoms with Gasteiger partial charge in [-0.25, -0.2) is 0 Å². The van der Waals surface area contributed by atoms with Crippen molar-refractivity contribution in [3.8, 4) is 12.3 Å². The Morgan fingerprint density at radius 1 is 1.55 bits per heavy atom. The predicted octanol–water partition coefficient (Wildman–Crippen LogP) is 1.17. The van der Waals surface area contributed by atoms with Crippen LogP contribution in [-0.2, 0) is 0 Å². The molecule has 1 N–H and O–H groups in total. The number of aliphatic hydroxyl groups is 1. The van der Waals surface area contributed by atoms with E-state index in [1.807, 2.05) is 25.7 Å². The molecule has 1 heteroatoms. The van der Waals surface area contributed by atoms with Gasteiger partial charge < -0.3 is 5.11 Å². The third-order valence-electron chi connectivity index (χ3n) is 1.73. The second kappa shape index (κ2) is 3.28. The molecule has 1 fully saturated rings. The van der Waals surface area contributed by atoms with E-state index in [9.17, 15) is 5.11 Å². The molecule has 0 aliphatic heterocycles. The minimum absolute atomic E-state index is 0.358. The molecular formula is C10H11O. The summed E-state index contributed by atoms with van der Waals surface area (Å²) in [5.41, 5.74) is -0.863. The van der Waals surface area contributed by atoms with E-state index in [-0.39, 0.29) is 0 Å². The van der Waals surface area contributed by atoms with Crippen LogP contribution in [0.1, 0.15) is 13.3 Å². The zero-order valence-corrected chi connectivity index (χ0v) is 6.54. The molecule has 5 radical (unpaired) electrons. The van der Waals surface area contributed by atoms with E-state index < -0.39 is 5.60 Å². The molecular weight excluding hydrogens is 136 g/mol. The standard InChI is InChI=1S/C10H11O/c1-3-8-10(2,11)9-6-4-5-7-9/h1,4-7,11H,8H2,2H3. The fourth-order valence-corrected chi connectivity index (χ4v) is 1.03. The molecule has 0 heterocycles. The van der Waals surface area contributed by atoms with Crippen LogP contribution in [0.4, 0.5) is 0 Å². The minimum Gasteiger partial charge on any atom is -0.389 e. The third-order valence-corrected chi connectivity index (χ3v) is 1.73. The van der Waals surface area contributed by atoms with Crippen LogP contribution in [0.25, 0.3) is 0 Å². The Labute approximate surface area is 68.8 Å². The van der Waals surface area contributed by atoms with Gasteiger partial charge in [0.15, 0.2) is 0 Å². The molecule has 0 spiro atoms. The molecule has 1 aliphatic carbocycles. The van der Waals surface area contributed by atoms with Crippen molar-refractivity contribution >= 4 is 0 Å². The van der Waals surface area contributed by atoms with Gasteiger partial charge in [-0.2, -0.15) is 0 Å². The Kier molecular flexibility index (Phi) is 2.57. The first-order valence-corrected chi connectivity index (χ1v) is 3.55. The molecule has 0 saturated heterocycles. The lowest BCUT2D eigenvalue weighted by Gasteiger charge is -2.26. The Balaban J connectivity index is 2.49. The van der Waals surface area contributed by atoms with Gasteiger partial charge in [0.1, 0.15) is 0 Å². The van der Waals surface area contributed by atoms with Gasteiger partial charge in [-0.3, -0.25) is 0 Å². The lowest BCUT2D eigenvalue weighted by atomic mass is 9.85. The summed E-state index contributed by atoms with van der Waals surface area (Å²) < 4.78 is 0. The number of terminal acetylenes is 1. The molecule has 1 aliphatic rings. The van der Waals surface area contributed by atoms with Gasteiger partial charge in [-0.05, 0) is 32.6 Å². The Hall–Kier alpha value is -0.480. The average molecular weight is 147 g/mol. The lowest BCUT2D eigenvalue weighted by Crippen LogP contribution is -2.31. The predicted molar refractivity (Wildman–Crippen MR) is 44.5 cm³/mol. The summed E-state index contributed by atoms with van der Waals surface area (Å²) >= 11 is 0. The van der Waals surface area contributed by atoms with Crippen molar-refractivity contribution in [3.63, 3.8) is 0 Å². The minimum atomic E-state index is -0.863. The summed E-state index contributed by atoms with van der Waals surface area (Å²) in [4.78, 5) is 0. The highest BCUT2D eigenvalue weighted by atomic mass is 16.3. The zero-order chi connectivity index (χ0) is 8.32. The van der Waals surface area contributed by atoms with Crippen molar-refractivity contribution in [2.45, 2.75) is 18.9 Å². The summed E-state index contributed by atoms with van der Waals surface area (Å²) in [6, 6.07) is 0. The van der Waals surface area contributed by atoms with Crippen molar-refractivity contribution in [1.82, 2.24) is 0 Å². The molecule has 0 aromatic carbocycles. The summed E-state index contributed by atoms with van der Waals surface area (Å²) in [5.74, 6) is 3.33. The van der Waals surface area contributed by atoms with Gasteiger partial charge in [-0.1, -0.05) is 0 Å². The maximum absolute atomic E-state index is 9.73. The van der Waals surface area contributed by atoms with Gasteiger partial charge in [0.2, 0.25) is 0 Å². The van der Waals surface area contributed by atoms with Crippen LogP contribution in [0.2, 0.25) is 0 Å². The van der Waals surface area contributed by atoms with E-state index in [0.717, 1.165) is 5.92 Å². The first kappa shape index (κ1) is 8.62. The smallest absolute Gasteiger partial charge is 0.0796 e. The average Bonchev–Trinajstić information content (AvgIpc) is 2.37. The van der Waals surface area contributed by atoms with Crippen LogP contribution in [0, 0.1) is 43.9 Å². The highest BCUT2D eigenvalue weighted by molar-refractivity contribution is 5.41. The first-order valence-electron chi connectivity index (χ1n) is 3.55. The van der Waals surface area contributed by atoms with Crippen LogP contribution in [-0.4, -0.2) is 10.7 Å². The van der Waals surface area contributed by atoms with E-state index in [1.165, 1.54) is 0 Å². The normalized spacial score (nSPS) is 24.5. The quantitative estimate of drug-likeness (QED) is 0.581. The second-order valence-corrected chi connectivity index (χ2v) is 2.83. The molecule has 1 nitrogen and oxygen atoms in total. The molecule has 1 saturated carbocycles. The topological polar surface area (TPSA) is 20.2 Å². The summed E-state index contributed by atoms with van der Waals surface area (Å²) in [5, 5.41) is 9.73. The highest BCUT2D eigenvalue weighted by Crippen LogP contribution is 2.34. The third kappa shape index (κ3) is 1.97. The van der Waals surface area contributed by atoms with E-state index in [1.54, 1.807) is 6.92 Å². The Morgan fingerprint density at radius 3 is 2.55 bits per heavy atom. The van der Waals surface area contributed by atoms with Crippen LogP contribution in [0.15, 0.2) is 0 Å². The van der Waals surface area contributed by atoms with Crippen molar-refractivity contribution in [2.75, 3.05) is 0 Å². The van der Waals surface area contributed by atoms with E-state index in [0.29, 0.717) is 6.42 Å². The van der Waals surface area contributed by atoms with Crippen LogP contribution < -0.4 is 0 Å². The molecule has 0 aromatic heterocycles. The molecule has 1 unspecified atom stereocenters. The molecule has 57 valence electrons. The van der Waals surface area contributed by atoms with Gasteiger partial charge in [-0.15, -0.1) is 12.3 Å². The fourth-order valence-electron chi connectivity index (χ4n) is 1.03. The van der Waals surface area contributed by atoms with Gasteiger partial charge in [0.05, 0.1) is 5.60 Å². The molecule has 1 atom stereocenters. The zero-order valence-electron chi connectivity index (χ0n) is 6.54. The number of rotatable bonds is 2. The van der Waals surface area contributed by atoms with Crippen molar-refractivity contribution in [3.05, 3.63) is 31.6 Å². The molecule has 0 bridgehead atoms. The van der Waals surface area contributed by atoms with Crippen LogP contribution in [0.5, 0.6) is 0 Å². The van der Waals surface area contributed by atoms with Gasteiger partial charge in [0, 0.05) is 12.3 Å². The lowest BCUT2D eigenvalue weighted by molar-refractivity contribution is 0.0888. The second-order valence-electron chi connectivity index (χ2n) is 2.83. The Morgan fingerprint density at radius 2 is 2.09 bits per heavy atom. The number of hydrogen-bond donors (Lipinski definition) is 1. The van der Waals surface area contributed by atoms with Crippen molar-refractivity contribution in [2.24, 2.45) is 0 Å². The molecule has 11 heavy (non-hydrogen) atoms. The SMILES string of the molecule is C#CCC(C)(O)[C]1[CH][CH][CH][CH]1. The fraction of sp³-hybridized carbons (Fsp3) is 0.300. The maximum Gasteiger partial charge on any atom is 0.0796 e. The highest BCUT2D eigenvalue weighted by Gasteiger charge is 2.34. The van der Waals surface area contributed by atoms with Crippen LogP contribution in [0.3, 0.4) is 0 Å².